The Balaban J connectivity index is 0. The van der Waals surface area contributed by atoms with Crippen LogP contribution in [0.2, 0.25) is 0 Å². The molecule has 1 atom stereocenters. The van der Waals surface area contributed by atoms with Gasteiger partial charge in [0.15, 0.2) is 0 Å². The van der Waals surface area contributed by atoms with E-state index in [2.05, 4.69) is 4.84 Å². The van der Waals surface area contributed by atoms with Crippen molar-refractivity contribution < 1.29 is 32.7 Å². The summed E-state index contributed by atoms with van der Waals surface area (Å²) >= 11 is 0. The molecule has 9 heteroatoms. The van der Waals surface area contributed by atoms with Gasteiger partial charge >= 0.3 is 12.1 Å². The summed E-state index contributed by atoms with van der Waals surface area (Å²) in [4.78, 5) is 24.5. The van der Waals surface area contributed by atoms with Gasteiger partial charge in [0, 0.05) is 7.05 Å². The van der Waals surface area contributed by atoms with Crippen LogP contribution in [-0.2, 0) is 14.4 Å². The zero-order valence-electron chi connectivity index (χ0n) is 9.61. The third-order valence-corrected chi connectivity index (χ3v) is 1.58. The second-order valence-electron chi connectivity index (χ2n) is 2.84. The van der Waals surface area contributed by atoms with Crippen LogP contribution >= 0.6 is 0 Å². The molecule has 0 rings (SSSR count). The number of halogens is 3. The first-order valence-electron chi connectivity index (χ1n) is 4.45. The predicted octanol–water partition coefficient (Wildman–Crippen LogP) is 0.377. The molecule has 0 fully saturated rings. The number of hydroxylamine groups is 2. The largest absolute Gasteiger partial charge is 0.490 e. The number of likely N-dealkylation sites (N-methyl/N-ethyl adjacent to an activating group) is 1. The minimum Gasteiger partial charge on any atom is -0.475 e. The van der Waals surface area contributed by atoms with E-state index in [1.54, 1.807) is 0 Å². The maximum atomic E-state index is 11.0. The summed E-state index contributed by atoms with van der Waals surface area (Å²) in [7, 11) is 2.97. The van der Waals surface area contributed by atoms with Gasteiger partial charge in [0.1, 0.15) is 0 Å². The number of carboxylic acid groups (broad SMARTS) is 1. The van der Waals surface area contributed by atoms with Gasteiger partial charge < -0.3 is 10.8 Å². The molecule has 1 amide bonds. The lowest BCUT2D eigenvalue weighted by molar-refractivity contribution is -0.192. The Morgan fingerprint density at radius 3 is 2.00 bits per heavy atom. The number of carboxylic acids is 1. The van der Waals surface area contributed by atoms with Gasteiger partial charge in [0.05, 0.1) is 13.2 Å². The third kappa shape index (κ3) is 8.46. The lowest BCUT2D eigenvalue weighted by Crippen LogP contribution is -2.40. The molecule has 0 aromatic heterocycles. The van der Waals surface area contributed by atoms with E-state index in [4.69, 9.17) is 15.6 Å². The fraction of sp³-hybridized carbons (Fsp3) is 0.750. The van der Waals surface area contributed by atoms with Crippen molar-refractivity contribution in [2.45, 2.75) is 25.6 Å². The summed E-state index contributed by atoms with van der Waals surface area (Å²) in [6.45, 7) is 1.85. The van der Waals surface area contributed by atoms with Crippen molar-refractivity contribution in [3.63, 3.8) is 0 Å². The zero-order chi connectivity index (χ0) is 14.2. The van der Waals surface area contributed by atoms with Crippen molar-refractivity contribution in [3.05, 3.63) is 0 Å². The monoisotopic (exact) mass is 260 g/mol. The van der Waals surface area contributed by atoms with Crippen LogP contribution in [0.5, 0.6) is 0 Å². The lowest BCUT2D eigenvalue weighted by Gasteiger charge is -2.16. The number of aliphatic carboxylic acids is 1. The molecule has 0 aliphatic rings. The number of carbonyl (C=O) groups is 2. The molecule has 0 heterocycles. The number of amides is 1. The normalized spacial score (nSPS) is 12.2. The molecule has 0 spiro atoms. The lowest BCUT2D eigenvalue weighted by atomic mass is 10.2. The number of rotatable bonds is 3. The number of nitrogens with two attached hydrogens (primary N) is 1. The van der Waals surface area contributed by atoms with Crippen LogP contribution in [0.15, 0.2) is 0 Å². The number of carbonyl (C=O) groups excluding carboxylic acids is 1. The van der Waals surface area contributed by atoms with Crippen molar-refractivity contribution in [2.24, 2.45) is 5.73 Å². The Kier molecular flexibility index (Phi) is 8.32. The van der Waals surface area contributed by atoms with Crippen LogP contribution < -0.4 is 5.73 Å². The first-order chi connectivity index (χ1) is 7.57. The van der Waals surface area contributed by atoms with Gasteiger partial charge in [0.25, 0.3) is 5.91 Å². The predicted molar refractivity (Wildman–Crippen MR) is 51.7 cm³/mol. The number of hydrogen-bond acceptors (Lipinski definition) is 4. The summed E-state index contributed by atoms with van der Waals surface area (Å²) < 4.78 is 31.7. The first-order valence-corrected chi connectivity index (χ1v) is 4.45. The van der Waals surface area contributed by atoms with Gasteiger partial charge in [-0.15, -0.1) is 0 Å². The van der Waals surface area contributed by atoms with Crippen molar-refractivity contribution >= 4 is 11.9 Å². The highest BCUT2D eigenvalue weighted by atomic mass is 19.4. The van der Waals surface area contributed by atoms with Crippen molar-refractivity contribution in [3.8, 4) is 0 Å². The van der Waals surface area contributed by atoms with E-state index in [1.807, 2.05) is 6.92 Å². The van der Waals surface area contributed by atoms with Gasteiger partial charge in [0.2, 0.25) is 0 Å². The Bertz CT molecular complexity index is 246. The molecule has 0 aliphatic carbocycles. The quantitative estimate of drug-likeness (QED) is 0.715. The molecule has 0 saturated carbocycles. The van der Waals surface area contributed by atoms with Crippen molar-refractivity contribution in [2.75, 3.05) is 14.2 Å². The SMILES string of the molecule is CC[C@@H](N)C(=O)N(C)OC.O=C(O)C(F)(F)F. The standard InChI is InChI=1S/C6H14N2O2.C2HF3O2/c1-4-5(7)6(9)8(2)10-3;3-2(4,5)1(6)7/h5H,4,7H2,1-3H3;(H,6,7)/t5-;/m1./s1. The molecule has 0 saturated heterocycles. The second-order valence-corrected chi connectivity index (χ2v) is 2.84. The van der Waals surface area contributed by atoms with E-state index >= 15 is 0 Å². The summed E-state index contributed by atoms with van der Waals surface area (Å²) in [6, 6.07) is -0.440. The fourth-order valence-corrected chi connectivity index (χ4v) is 0.498. The molecule has 0 aromatic rings. The van der Waals surface area contributed by atoms with Gasteiger partial charge in [-0.2, -0.15) is 13.2 Å². The Morgan fingerprint density at radius 1 is 1.47 bits per heavy atom. The van der Waals surface area contributed by atoms with E-state index in [0.29, 0.717) is 6.42 Å². The highest BCUT2D eigenvalue weighted by Gasteiger charge is 2.38. The molecule has 0 radical (unpaired) electrons. The number of nitrogens with zero attached hydrogens (tertiary/aromatic N) is 1. The Hall–Kier alpha value is -1.35. The van der Waals surface area contributed by atoms with Crippen LogP contribution in [0.25, 0.3) is 0 Å². The molecule has 0 aliphatic heterocycles. The van der Waals surface area contributed by atoms with E-state index in [1.165, 1.54) is 14.2 Å². The van der Waals surface area contributed by atoms with Gasteiger partial charge in [-0.3, -0.25) is 9.63 Å². The molecule has 6 nitrogen and oxygen atoms in total. The summed E-state index contributed by atoms with van der Waals surface area (Å²) in [5.74, 6) is -2.95. The number of hydrogen-bond donors (Lipinski definition) is 2. The van der Waals surface area contributed by atoms with Gasteiger partial charge in [-0.05, 0) is 6.42 Å². The van der Waals surface area contributed by atoms with E-state index in [-0.39, 0.29) is 5.91 Å². The molecular weight excluding hydrogens is 245 g/mol. The average molecular weight is 260 g/mol. The molecule has 3 N–H and O–H groups in total. The summed E-state index contributed by atoms with van der Waals surface area (Å²) in [5, 5.41) is 8.26. The number of alkyl halides is 3. The average Bonchev–Trinajstić information content (AvgIpc) is 2.25. The maximum Gasteiger partial charge on any atom is 0.490 e. The molecule has 102 valence electrons. The van der Waals surface area contributed by atoms with Crippen LogP contribution in [0.1, 0.15) is 13.3 Å². The van der Waals surface area contributed by atoms with Crippen LogP contribution in [0.3, 0.4) is 0 Å². The van der Waals surface area contributed by atoms with Crippen LogP contribution in [-0.4, -0.2) is 48.4 Å². The first kappa shape index (κ1) is 18.0. The molecule has 0 bridgehead atoms. The Labute approximate surface area is 96.1 Å². The van der Waals surface area contributed by atoms with Crippen LogP contribution in [0.4, 0.5) is 13.2 Å². The molecule has 0 aromatic carbocycles. The summed E-state index contributed by atoms with van der Waals surface area (Å²) in [6.07, 6.45) is -4.45. The summed E-state index contributed by atoms with van der Waals surface area (Å²) in [5.41, 5.74) is 5.42. The second kappa shape index (κ2) is 7.85. The highest BCUT2D eigenvalue weighted by molar-refractivity contribution is 5.80. The Morgan fingerprint density at radius 2 is 1.82 bits per heavy atom. The van der Waals surface area contributed by atoms with Crippen molar-refractivity contribution in [1.82, 2.24) is 5.06 Å². The van der Waals surface area contributed by atoms with Gasteiger partial charge in [-0.1, -0.05) is 6.92 Å². The minimum atomic E-state index is -5.08. The third-order valence-electron chi connectivity index (χ3n) is 1.58. The minimum absolute atomic E-state index is 0.190. The molecule has 17 heavy (non-hydrogen) atoms. The smallest absolute Gasteiger partial charge is 0.475 e. The zero-order valence-corrected chi connectivity index (χ0v) is 9.61. The van der Waals surface area contributed by atoms with Crippen molar-refractivity contribution in [1.29, 1.82) is 0 Å². The topological polar surface area (TPSA) is 92.9 Å². The maximum absolute atomic E-state index is 11.0. The van der Waals surface area contributed by atoms with E-state index < -0.39 is 18.2 Å². The fourth-order valence-electron chi connectivity index (χ4n) is 0.498. The van der Waals surface area contributed by atoms with Gasteiger partial charge in [-0.25, -0.2) is 9.86 Å². The highest BCUT2D eigenvalue weighted by Crippen LogP contribution is 2.13. The van der Waals surface area contributed by atoms with E-state index in [0.717, 1.165) is 5.06 Å². The van der Waals surface area contributed by atoms with Crippen LogP contribution in [0, 0.1) is 0 Å². The molecular formula is C8H15F3N2O4. The molecule has 0 unspecified atom stereocenters. The van der Waals surface area contributed by atoms with E-state index in [9.17, 15) is 18.0 Å².